The summed E-state index contributed by atoms with van der Waals surface area (Å²) in [5.74, 6) is 0. The third-order valence-electron chi connectivity index (χ3n) is 10.3. The van der Waals surface area contributed by atoms with Crippen molar-refractivity contribution in [2.24, 2.45) is 0 Å². The van der Waals surface area contributed by atoms with Crippen LogP contribution in [0.1, 0.15) is 47.2 Å². The fourth-order valence-corrected chi connectivity index (χ4v) is 8.34. The highest BCUT2D eigenvalue weighted by Crippen LogP contribution is 2.63. The van der Waals surface area contributed by atoms with Gasteiger partial charge in [-0.1, -0.05) is 123 Å². The van der Waals surface area contributed by atoms with E-state index in [1.165, 1.54) is 78.1 Å². The molecule has 1 heteroatoms. The van der Waals surface area contributed by atoms with Crippen molar-refractivity contribution in [2.45, 2.75) is 24.7 Å². The number of hydrogen-bond acceptors (Lipinski definition) is 1. The molecule has 0 saturated heterocycles. The summed E-state index contributed by atoms with van der Waals surface area (Å²) in [7, 11) is 2.21. The summed E-state index contributed by atoms with van der Waals surface area (Å²) in [6.45, 7) is 4.71. The van der Waals surface area contributed by atoms with Gasteiger partial charge in [0.25, 0.3) is 0 Å². The van der Waals surface area contributed by atoms with Crippen molar-refractivity contribution in [3.05, 3.63) is 167 Å². The van der Waals surface area contributed by atoms with Crippen molar-refractivity contribution < 1.29 is 0 Å². The van der Waals surface area contributed by atoms with E-state index in [2.05, 4.69) is 159 Å². The molecule has 0 radical (unpaired) electrons. The molecule has 0 heterocycles. The molecule has 6 aromatic carbocycles. The first-order chi connectivity index (χ1) is 20.5. The van der Waals surface area contributed by atoms with E-state index >= 15 is 0 Å². The quantitative estimate of drug-likeness (QED) is 0.212. The Labute approximate surface area is 247 Å². The Hall–Kier alpha value is -4.88. The molecule has 6 aromatic rings. The lowest BCUT2D eigenvalue weighted by atomic mass is 9.70. The van der Waals surface area contributed by atoms with Gasteiger partial charge in [0.05, 0.1) is 5.41 Å². The minimum Gasteiger partial charge on any atom is -0.345 e. The van der Waals surface area contributed by atoms with Crippen LogP contribution < -0.4 is 4.90 Å². The van der Waals surface area contributed by atoms with Crippen LogP contribution in [-0.4, -0.2) is 7.05 Å². The van der Waals surface area contributed by atoms with Crippen LogP contribution in [0, 0.1) is 0 Å². The van der Waals surface area contributed by atoms with E-state index in [1.54, 1.807) is 0 Å². The fraction of sp³-hybridized carbons (Fsp3) is 0.122. The normalized spacial score (nSPS) is 15.4. The van der Waals surface area contributed by atoms with Crippen molar-refractivity contribution >= 4 is 11.4 Å². The van der Waals surface area contributed by atoms with Crippen LogP contribution in [-0.2, 0) is 10.8 Å². The first kappa shape index (κ1) is 23.8. The highest BCUT2D eigenvalue weighted by molar-refractivity contribution is 5.96. The lowest BCUT2D eigenvalue weighted by molar-refractivity contribution is 0.660. The first-order valence-electron chi connectivity index (χ1n) is 14.9. The summed E-state index contributed by atoms with van der Waals surface area (Å²) in [6, 6.07) is 50.1. The maximum atomic E-state index is 2.46. The van der Waals surface area contributed by atoms with Gasteiger partial charge in [-0.15, -0.1) is 0 Å². The molecule has 1 nitrogen and oxygen atoms in total. The lowest BCUT2D eigenvalue weighted by Crippen LogP contribution is -2.26. The Kier molecular flexibility index (Phi) is 4.59. The zero-order chi connectivity index (χ0) is 28.2. The van der Waals surface area contributed by atoms with Crippen LogP contribution in [0.15, 0.2) is 133 Å². The monoisotopic (exact) mass is 537 g/mol. The fourth-order valence-electron chi connectivity index (χ4n) is 8.34. The number of fused-ring (bicyclic) bond motifs is 13. The van der Waals surface area contributed by atoms with Crippen LogP contribution in [0.2, 0.25) is 0 Å². The number of anilines is 2. The molecule has 3 aliphatic rings. The Balaban J connectivity index is 1.24. The van der Waals surface area contributed by atoms with Crippen molar-refractivity contribution in [2.75, 3.05) is 11.9 Å². The van der Waals surface area contributed by atoms with Gasteiger partial charge in [-0.3, -0.25) is 0 Å². The molecule has 0 amide bonds. The molecule has 1 spiro atoms. The SMILES string of the molecule is CN(c1ccc2c(c1)C(C)(C)c1ccccc1-2)c1ccc2c(c1)C1(c3ccccc3-c3ccccc31)c1ccccc1-2. The zero-order valence-corrected chi connectivity index (χ0v) is 24.1. The minimum atomic E-state index is -0.322. The van der Waals surface area contributed by atoms with Crippen LogP contribution in [0.4, 0.5) is 11.4 Å². The van der Waals surface area contributed by atoms with Gasteiger partial charge in [0.2, 0.25) is 0 Å². The Morgan fingerprint density at radius 2 is 0.738 bits per heavy atom. The van der Waals surface area contributed by atoms with Crippen LogP contribution >= 0.6 is 0 Å². The number of hydrogen-bond donors (Lipinski definition) is 0. The van der Waals surface area contributed by atoms with Crippen molar-refractivity contribution in [1.29, 1.82) is 0 Å². The molecular weight excluding hydrogens is 506 g/mol. The van der Waals surface area contributed by atoms with Gasteiger partial charge in [-0.05, 0) is 91.0 Å². The average molecular weight is 538 g/mol. The van der Waals surface area contributed by atoms with Gasteiger partial charge < -0.3 is 4.90 Å². The van der Waals surface area contributed by atoms with Gasteiger partial charge in [0.15, 0.2) is 0 Å². The molecule has 9 rings (SSSR count). The summed E-state index contributed by atoms with van der Waals surface area (Å²) in [5, 5.41) is 0. The summed E-state index contributed by atoms with van der Waals surface area (Å²) in [5.41, 5.74) is 18.5. The second kappa shape index (κ2) is 8.11. The molecular formula is C41H31N. The Morgan fingerprint density at radius 1 is 0.381 bits per heavy atom. The first-order valence-corrected chi connectivity index (χ1v) is 14.9. The second-order valence-electron chi connectivity index (χ2n) is 12.6. The van der Waals surface area contributed by atoms with Crippen LogP contribution in [0.25, 0.3) is 33.4 Å². The van der Waals surface area contributed by atoms with Crippen molar-refractivity contribution in [3.63, 3.8) is 0 Å². The van der Waals surface area contributed by atoms with Crippen LogP contribution in [0.3, 0.4) is 0 Å². The van der Waals surface area contributed by atoms with E-state index in [-0.39, 0.29) is 10.8 Å². The molecule has 0 N–H and O–H groups in total. The third-order valence-corrected chi connectivity index (χ3v) is 10.3. The third kappa shape index (κ3) is 2.79. The highest BCUT2D eigenvalue weighted by Gasteiger charge is 2.51. The van der Waals surface area contributed by atoms with E-state index in [1.807, 2.05) is 0 Å². The number of benzene rings is 6. The summed E-state index contributed by atoms with van der Waals surface area (Å²) >= 11 is 0. The van der Waals surface area contributed by atoms with E-state index < -0.39 is 0 Å². The van der Waals surface area contributed by atoms with E-state index in [0.29, 0.717) is 0 Å². The van der Waals surface area contributed by atoms with Gasteiger partial charge in [-0.25, -0.2) is 0 Å². The lowest BCUT2D eigenvalue weighted by Gasteiger charge is -2.31. The largest absolute Gasteiger partial charge is 0.345 e. The van der Waals surface area contributed by atoms with Crippen molar-refractivity contribution in [3.8, 4) is 33.4 Å². The molecule has 200 valence electrons. The Bertz CT molecular complexity index is 2030. The summed E-state index contributed by atoms with van der Waals surface area (Å²) < 4.78 is 0. The zero-order valence-electron chi connectivity index (χ0n) is 24.1. The van der Waals surface area contributed by atoms with Crippen LogP contribution in [0.5, 0.6) is 0 Å². The molecule has 0 fully saturated rings. The Morgan fingerprint density at radius 3 is 1.24 bits per heavy atom. The van der Waals surface area contributed by atoms with E-state index in [4.69, 9.17) is 0 Å². The molecule has 42 heavy (non-hydrogen) atoms. The average Bonchev–Trinajstić information content (AvgIpc) is 3.59. The van der Waals surface area contributed by atoms with E-state index in [9.17, 15) is 0 Å². The van der Waals surface area contributed by atoms with Gasteiger partial charge >= 0.3 is 0 Å². The predicted molar refractivity (Wildman–Crippen MR) is 175 cm³/mol. The molecule has 0 aromatic heterocycles. The smallest absolute Gasteiger partial charge is 0.0726 e. The van der Waals surface area contributed by atoms with Gasteiger partial charge in [0.1, 0.15) is 0 Å². The van der Waals surface area contributed by atoms with Gasteiger partial charge in [0, 0.05) is 23.8 Å². The highest BCUT2D eigenvalue weighted by atomic mass is 15.1. The maximum absolute atomic E-state index is 2.46. The molecule has 0 bridgehead atoms. The summed E-state index contributed by atoms with van der Waals surface area (Å²) in [4.78, 5) is 2.36. The molecule has 0 saturated carbocycles. The molecule has 0 aliphatic heterocycles. The predicted octanol–water partition coefficient (Wildman–Crippen LogP) is 10.1. The molecule has 3 aliphatic carbocycles. The van der Waals surface area contributed by atoms with Gasteiger partial charge in [-0.2, -0.15) is 0 Å². The second-order valence-corrected chi connectivity index (χ2v) is 12.6. The molecule has 0 unspecified atom stereocenters. The number of nitrogens with zero attached hydrogens (tertiary/aromatic N) is 1. The standard InChI is InChI=1S/C41H31N/c1-40(2)34-16-8-4-12-28(34)32-22-20-26(24-38(32)40)42(3)27-21-23-33-31-15-7-11-19-37(31)41(39(33)25-27)35-17-9-5-13-29(35)30-14-6-10-18-36(30)41/h4-25H,1-3H3. The van der Waals surface area contributed by atoms with E-state index in [0.717, 1.165) is 0 Å². The van der Waals surface area contributed by atoms with Crippen molar-refractivity contribution in [1.82, 2.24) is 0 Å². The number of rotatable bonds is 2. The molecule has 0 atom stereocenters. The minimum absolute atomic E-state index is 0.0241. The maximum Gasteiger partial charge on any atom is 0.0726 e. The topological polar surface area (TPSA) is 3.24 Å². The summed E-state index contributed by atoms with van der Waals surface area (Å²) in [6.07, 6.45) is 0.